The van der Waals surface area contributed by atoms with E-state index in [4.69, 9.17) is 5.84 Å². The van der Waals surface area contributed by atoms with Crippen molar-refractivity contribution in [2.24, 2.45) is 5.84 Å². The van der Waals surface area contributed by atoms with Gasteiger partial charge in [0.25, 0.3) is 0 Å². The zero-order chi connectivity index (χ0) is 13.8. The zero-order valence-corrected chi connectivity index (χ0v) is 11.8. The van der Waals surface area contributed by atoms with Gasteiger partial charge in [0.15, 0.2) is 5.03 Å². The van der Waals surface area contributed by atoms with Crippen LogP contribution in [-0.4, -0.2) is 14.9 Å². The molecule has 1 aromatic carbocycles. The molecule has 7 nitrogen and oxygen atoms in total. The van der Waals surface area contributed by atoms with Gasteiger partial charge in [-0.1, -0.05) is 23.9 Å². The number of nitro groups is 1. The van der Waals surface area contributed by atoms with E-state index in [0.717, 1.165) is 21.1 Å². The van der Waals surface area contributed by atoms with Gasteiger partial charge in [0.05, 0.1) is 4.92 Å². The lowest BCUT2D eigenvalue weighted by molar-refractivity contribution is -0.387. The minimum absolute atomic E-state index is 0.0189. The Morgan fingerprint density at radius 3 is 2.74 bits per heavy atom. The van der Waals surface area contributed by atoms with E-state index < -0.39 is 4.92 Å². The van der Waals surface area contributed by atoms with E-state index >= 15 is 0 Å². The molecule has 9 heteroatoms. The van der Waals surface area contributed by atoms with Crippen LogP contribution in [0.3, 0.4) is 0 Å². The fourth-order valence-electron chi connectivity index (χ4n) is 1.34. The largest absolute Gasteiger partial charge is 0.344 e. The molecule has 3 N–H and O–H groups in total. The Bertz CT molecular complexity index is 625. The normalized spacial score (nSPS) is 10.2. The number of hydrogen-bond acceptors (Lipinski definition) is 7. The summed E-state index contributed by atoms with van der Waals surface area (Å²) in [4.78, 5) is 19.0. The number of rotatable bonds is 4. The van der Waals surface area contributed by atoms with Gasteiger partial charge in [-0.15, -0.1) is 0 Å². The highest BCUT2D eigenvalue weighted by Gasteiger charge is 2.23. The Morgan fingerprint density at radius 2 is 2.11 bits per heavy atom. The van der Waals surface area contributed by atoms with Crippen molar-refractivity contribution in [3.05, 3.63) is 45.2 Å². The summed E-state index contributed by atoms with van der Waals surface area (Å²) in [5, 5.41) is 11.3. The predicted molar refractivity (Wildman–Crippen MR) is 74.8 cm³/mol. The third-order valence-corrected chi connectivity index (χ3v) is 4.17. The minimum Gasteiger partial charge on any atom is -0.303 e. The van der Waals surface area contributed by atoms with Gasteiger partial charge < -0.3 is 5.43 Å². The van der Waals surface area contributed by atoms with E-state index in [1.807, 2.05) is 24.3 Å². The third-order valence-electron chi connectivity index (χ3n) is 2.15. The van der Waals surface area contributed by atoms with Crippen LogP contribution in [0.15, 0.2) is 45.0 Å². The minimum atomic E-state index is -0.561. The molecule has 0 aliphatic carbocycles. The molecule has 2 aromatic rings. The van der Waals surface area contributed by atoms with E-state index in [2.05, 4.69) is 31.3 Å². The Hall–Kier alpha value is -1.71. The summed E-state index contributed by atoms with van der Waals surface area (Å²) in [7, 11) is 0. The van der Waals surface area contributed by atoms with Crippen LogP contribution in [0.2, 0.25) is 0 Å². The summed E-state index contributed by atoms with van der Waals surface area (Å²) in [6, 6.07) is 7.37. The molecule has 0 unspecified atom stereocenters. The average molecular weight is 342 g/mol. The van der Waals surface area contributed by atoms with Crippen LogP contribution < -0.4 is 11.3 Å². The van der Waals surface area contributed by atoms with E-state index in [0.29, 0.717) is 0 Å². The van der Waals surface area contributed by atoms with Crippen LogP contribution in [0, 0.1) is 10.1 Å². The lowest BCUT2D eigenvalue weighted by atomic mass is 10.4. The van der Waals surface area contributed by atoms with E-state index in [1.54, 1.807) is 0 Å². The van der Waals surface area contributed by atoms with Crippen LogP contribution in [0.25, 0.3) is 0 Å². The van der Waals surface area contributed by atoms with Gasteiger partial charge in [0, 0.05) is 9.37 Å². The molecule has 1 aromatic heterocycles. The molecule has 0 saturated carbocycles. The summed E-state index contributed by atoms with van der Waals surface area (Å²) in [6.45, 7) is 0. The van der Waals surface area contributed by atoms with Crippen molar-refractivity contribution < 1.29 is 4.92 Å². The van der Waals surface area contributed by atoms with Crippen LogP contribution in [0.4, 0.5) is 11.5 Å². The molecular formula is C10H8BrN5O2S. The molecule has 0 saturated heterocycles. The van der Waals surface area contributed by atoms with E-state index in [1.165, 1.54) is 6.33 Å². The van der Waals surface area contributed by atoms with Crippen molar-refractivity contribution in [2.45, 2.75) is 9.92 Å². The van der Waals surface area contributed by atoms with Crippen molar-refractivity contribution in [3.8, 4) is 0 Å². The molecule has 0 aliphatic heterocycles. The third kappa shape index (κ3) is 3.00. The number of aromatic nitrogens is 2. The molecule has 0 bridgehead atoms. The van der Waals surface area contributed by atoms with Crippen LogP contribution >= 0.6 is 27.7 Å². The monoisotopic (exact) mass is 341 g/mol. The van der Waals surface area contributed by atoms with E-state index in [9.17, 15) is 10.1 Å². The second-order valence-electron chi connectivity index (χ2n) is 3.31. The van der Waals surface area contributed by atoms with Gasteiger partial charge in [0.1, 0.15) is 6.33 Å². The van der Waals surface area contributed by atoms with Crippen molar-refractivity contribution in [1.29, 1.82) is 0 Å². The first-order valence-corrected chi connectivity index (χ1v) is 6.63. The van der Waals surface area contributed by atoms with Gasteiger partial charge in [-0.25, -0.2) is 15.8 Å². The standard InChI is InChI=1S/C10H8BrN5O2S/c11-6-3-1-2-4-7(6)19-10-8(16(17)18)9(15-12)13-5-14-10/h1-5H,12H2,(H,13,14,15). The summed E-state index contributed by atoms with van der Waals surface area (Å²) >= 11 is 4.54. The smallest absolute Gasteiger partial charge is 0.303 e. The highest BCUT2D eigenvalue weighted by Crippen LogP contribution is 2.38. The second kappa shape index (κ2) is 5.95. The zero-order valence-electron chi connectivity index (χ0n) is 9.41. The molecule has 19 heavy (non-hydrogen) atoms. The summed E-state index contributed by atoms with van der Waals surface area (Å²) < 4.78 is 0.829. The Kier molecular flexibility index (Phi) is 4.30. The van der Waals surface area contributed by atoms with Crippen LogP contribution in [-0.2, 0) is 0 Å². The van der Waals surface area contributed by atoms with Crippen molar-refractivity contribution in [2.75, 3.05) is 5.43 Å². The highest BCUT2D eigenvalue weighted by atomic mass is 79.9. The van der Waals surface area contributed by atoms with Gasteiger partial charge in [-0.2, -0.15) is 0 Å². The quantitative estimate of drug-likeness (QED) is 0.381. The van der Waals surface area contributed by atoms with Crippen LogP contribution in [0.5, 0.6) is 0 Å². The van der Waals surface area contributed by atoms with Crippen molar-refractivity contribution in [1.82, 2.24) is 9.97 Å². The number of hydrogen-bond donors (Lipinski definition) is 2. The van der Waals surface area contributed by atoms with E-state index in [-0.39, 0.29) is 16.5 Å². The molecule has 0 atom stereocenters. The number of benzene rings is 1. The molecule has 2 rings (SSSR count). The van der Waals surface area contributed by atoms with Gasteiger partial charge in [0.2, 0.25) is 5.82 Å². The maximum Gasteiger partial charge on any atom is 0.344 e. The maximum absolute atomic E-state index is 11.1. The number of nitrogens with one attached hydrogen (secondary N) is 1. The number of anilines is 1. The predicted octanol–water partition coefficient (Wildman–Crippen LogP) is 2.58. The highest BCUT2D eigenvalue weighted by molar-refractivity contribution is 9.10. The molecule has 0 radical (unpaired) electrons. The first-order valence-electron chi connectivity index (χ1n) is 5.02. The molecule has 0 aliphatic rings. The van der Waals surface area contributed by atoms with Crippen LogP contribution in [0.1, 0.15) is 0 Å². The molecular weight excluding hydrogens is 334 g/mol. The number of halogens is 1. The molecule has 98 valence electrons. The summed E-state index contributed by atoms with van der Waals surface area (Å²) in [5.41, 5.74) is 1.96. The molecule has 0 fully saturated rings. The lowest BCUT2D eigenvalue weighted by Gasteiger charge is -2.06. The molecule has 0 amide bonds. The summed E-state index contributed by atoms with van der Waals surface area (Å²) in [6.07, 6.45) is 1.22. The Balaban J connectivity index is 2.46. The average Bonchev–Trinajstić information content (AvgIpc) is 2.40. The topological polar surface area (TPSA) is 107 Å². The van der Waals surface area contributed by atoms with Crippen molar-refractivity contribution in [3.63, 3.8) is 0 Å². The fourth-order valence-corrected chi connectivity index (χ4v) is 2.75. The second-order valence-corrected chi connectivity index (χ2v) is 5.19. The number of nitrogens with zero attached hydrogens (tertiary/aromatic N) is 3. The number of hydrazine groups is 1. The van der Waals surface area contributed by atoms with Crippen molar-refractivity contribution >= 4 is 39.2 Å². The maximum atomic E-state index is 11.1. The Morgan fingerprint density at radius 1 is 1.37 bits per heavy atom. The molecule has 0 spiro atoms. The van der Waals surface area contributed by atoms with Gasteiger partial charge in [-0.05, 0) is 28.1 Å². The summed E-state index contributed by atoms with van der Waals surface area (Å²) in [5.74, 6) is 5.20. The van der Waals surface area contributed by atoms with Gasteiger partial charge in [-0.3, -0.25) is 10.1 Å². The lowest BCUT2D eigenvalue weighted by Crippen LogP contribution is -2.12. The first kappa shape index (κ1) is 13.7. The SMILES string of the molecule is NNc1ncnc(Sc2ccccc2Br)c1[N+](=O)[O-]. The Labute approximate surface area is 120 Å². The molecule has 1 heterocycles. The fraction of sp³-hybridized carbons (Fsp3) is 0. The number of nitrogen functional groups attached to an aromatic ring is 1. The van der Waals surface area contributed by atoms with Gasteiger partial charge >= 0.3 is 5.69 Å². The first-order chi connectivity index (χ1) is 9.13. The number of nitrogens with two attached hydrogens (primary N) is 1.